The van der Waals surface area contributed by atoms with E-state index in [2.05, 4.69) is 10.3 Å². The number of ether oxygens (including phenoxy) is 1. The fourth-order valence-corrected chi connectivity index (χ4v) is 1.39. The lowest BCUT2D eigenvalue weighted by atomic mass is 10.2. The minimum Gasteiger partial charge on any atom is -0.496 e. The summed E-state index contributed by atoms with van der Waals surface area (Å²) < 4.78 is 5.19. The summed E-state index contributed by atoms with van der Waals surface area (Å²) >= 11 is 6.03. The number of nitrogens with two attached hydrogens (primary N) is 1. The number of guanidine groups is 1. The molecule has 1 aromatic carbocycles. The van der Waals surface area contributed by atoms with Crippen LogP contribution in [0.4, 0.5) is 0 Å². The van der Waals surface area contributed by atoms with E-state index in [1.54, 1.807) is 20.2 Å². The highest BCUT2D eigenvalue weighted by Gasteiger charge is 2.06. The molecule has 90 valence electrons. The zero-order valence-electron chi connectivity index (χ0n) is 9.16. The first-order valence-electron chi connectivity index (χ1n) is 4.46. The van der Waals surface area contributed by atoms with Crippen molar-refractivity contribution in [1.82, 2.24) is 5.32 Å². The first-order chi connectivity index (χ1) is 7.19. The van der Waals surface area contributed by atoms with E-state index in [0.29, 0.717) is 17.5 Å². The number of hydrogen-bond donors (Lipinski definition) is 2. The number of hydrogen-bond acceptors (Lipinski definition) is 2. The molecule has 0 radical (unpaired) electrons. The van der Waals surface area contributed by atoms with Crippen LogP contribution >= 0.6 is 35.6 Å². The maximum atomic E-state index is 6.03. The van der Waals surface area contributed by atoms with E-state index >= 15 is 0 Å². The van der Waals surface area contributed by atoms with E-state index in [0.717, 1.165) is 11.3 Å². The van der Waals surface area contributed by atoms with Crippen molar-refractivity contribution in [1.29, 1.82) is 0 Å². The van der Waals surface area contributed by atoms with Crippen LogP contribution in [-0.4, -0.2) is 20.1 Å². The summed E-state index contributed by atoms with van der Waals surface area (Å²) in [7, 11) is 3.22. The van der Waals surface area contributed by atoms with Gasteiger partial charge in [-0.05, 0) is 12.1 Å². The van der Waals surface area contributed by atoms with E-state index < -0.39 is 0 Å². The third-order valence-electron chi connectivity index (χ3n) is 1.98. The molecule has 0 amide bonds. The quantitative estimate of drug-likeness (QED) is 0.495. The predicted octanol–water partition coefficient (Wildman–Crippen LogP) is 2.00. The van der Waals surface area contributed by atoms with Gasteiger partial charge in [-0.3, -0.25) is 4.99 Å². The fourth-order valence-electron chi connectivity index (χ4n) is 1.16. The molecule has 0 fully saturated rings. The molecule has 0 saturated carbocycles. The van der Waals surface area contributed by atoms with Crippen LogP contribution < -0.4 is 15.8 Å². The highest BCUT2D eigenvalue weighted by Crippen LogP contribution is 2.25. The minimum absolute atomic E-state index is 0. The van der Waals surface area contributed by atoms with E-state index in [1.807, 2.05) is 12.1 Å². The molecule has 0 aliphatic rings. The van der Waals surface area contributed by atoms with Crippen molar-refractivity contribution in [3.8, 4) is 5.75 Å². The Morgan fingerprint density at radius 2 is 2.25 bits per heavy atom. The molecule has 0 aromatic heterocycles. The zero-order chi connectivity index (χ0) is 11.3. The summed E-state index contributed by atoms with van der Waals surface area (Å²) in [5.74, 6) is 1.11. The molecule has 0 saturated heterocycles. The standard InChI is InChI=1S/C10H14ClN3O.HI/c1-13-10(12)14-6-7-8(11)4-3-5-9(7)15-2;/h3-5H,6H2,1-2H3,(H3,12,13,14);1H. The van der Waals surface area contributed by atoms with Gasteiger partial charge in [-0.2, -0.15) is 0 Å². The van der Waals surface area contributed by atoms with Gasteiger partial charge in [-0.15, -0.1) is 24.0 Å². The summed E-state index contributed by atoms with van der Waals surface area (Å²) in [4.78, 5) is 3.79. The average Bonchev–Trinajstić information content (AvgIpc) is 2.26. The summed E-state index contributed by atoms with van der Waals surface area (Å²) in [5, 5.41) is 3.57. The number of halogens is 2. The molecule has 0 unspecified atom stereocenters. The predicted molar refractivity (Wildman–Crippen MR) is 77.8 cm³/mol. The highest BCUT2D eigenvalue weighted by atomic mass is 127. The van der Waals surface area contributed by atoms with Gasteiger partial charge in [-0.1, -0.05) is 17.7 Å². The summed E-state index contributed by atoms with van der Waals surface area (Å²) in [6, 6.07) is 5.49. The molecule has 0 aliphatic carbocycles. The number of methoxy groups -OCH3 is 1. The molecule has 1 rings (SSSR count). The maximum absolute atomic E-state index is 6.03. The molecule has 0 spiro atoms. The Kier molecular flexibility index (Phi) is 7.24. The molecule has 3 N–H and O–H groups in total. The van der Waals surface area contributed by atoms with Crippen LogP contribution in [0.1, 0.15) is 5.56 Å². The molecule has 1 aromatic rings. The Bertz CT molecular complexity index is 371. The second kappa shape index (κ2) is 7.56. The molecule has 0 atom stereocenters. The smallest absolute Gasteiger partial charge is 0.188 e. The van der Waals surface area contributed by atoms with Crippen LogP contribution in [0, 0.1) is 0 Å². The average molecular weight is 356 g/mol. The van der Waals surface area contributed by atoms with Gasteiger partial charge < -0.3 is 15.8 Å². The summed E-state index contributed by atoms with van der Waals surface area (Å²) in [6.45, 7) is 0.492. The van der Waals surface area contributed by atoms with Crippen LogP contribution in [0.2, 0.25) is 5.02 Å². The fraction of sp³-hybridized carbons (Fsp3) is 0.300. The lowest BCUT2D eigenvalue weighted by Gasteiger charge is -2.11. The zero-order valence-corrected chi connectivity index (χ0v) is 12.2. The monoisotopic (exact) mass is 355 g/mol. The number of nitrogens with zero attached hydrogens (tertiary/aromatic N) is 1. The second-order valence-corrected chi connectivity index (χ2v) is 3.29. The Labute approximate surface area is 117 Å². The molecular weight excluding hydrogens is 340 g/mol. The van der Waals surface area contributed by atoms with Gasteiger partial charge in [0.1, 0.15) is 5.75 Å². The van der Waals surface area contributed by atoms with E-state index in [9.17, 15) is 0 Å². The third-order valence-corrected chi connectivity index (χ3v) is 2.34. The van der Waals surface area contributed by atoms with Crippen molar-refractivity contribution >= 4 is 41.5 Å². The van der Waals surface area contributed by atoms with Gasteiger partial charge in [0.25, 0.3) is 0 Å². The molecule has 16 heavy (non-hydrogen) atoms. The Balaban J connectivity index is 0.00000225. The molecule has 0 bridgehead atoms. The van der Waals surface area contributed by atoms with E-state index in [-0.39, 0.29) is 24.0 Å². The maximum Gasteiger partial charge on any atom is 0.188 e. The first-order valence-corrected chi connectivity index (χ1v) is 4.84. The molecular formula is C10H15ClIN3O. The van der Waals surface area contributed by atoms with Crippen molar-refractivity contribution in [3.05, 3.63) is 28.8 Å². The van der Waals surface area contributed by atoms with E-state index in [4.69, 9.17) is 22.1 Å². The van der Waals surface area contributed by atoms with Gasteiger partial charge in [0.2, 0.25) is 0 Å². The van der Waals surface area contributed by atoms with Gasteiger partial charge in [-0.25, -0.2) is 0 Å². The van der Waals surface area contributed by atoms with Crippen LogP contribution in [-0.2, 0) is 6.54 Å². The van der Waals surface area contributed by atoms with Crippen LogP contribution in [0.25, 0.3) is 0 Å². The molecule has 0 heterocycles. The summed E-state index contributed by atoms with van der Waals surface area (Å²) in [5.41, 5.74) is 6.39. The number of benzene rings is 1. The van der Waals surface area contributed by atoms with Gasteiger partial charge >= 0.3 is 0 Å². The number of rotatable bonds is 3. The SMILES string of the molecule is CN=C(N)NCc1c(Cl)cccc1OC.I. The summed E-state index contributed by atoms with van der Waals surface area (Å²) in [6.07, 6.45) is 0. The third kappa shape index (κ3) is 4.05. The van der Waals surface area contributed by atoms with Crippen molar-refractivity contribution in [3.63, 3.8) is 0 Å². The molecule has 4 nitrogen and oxygen atoms in total. The molecule has 6 heteroatoms. The minimum atomic E-state index is 0. The van der Waals surface area contributed by atoms with E-state index in [1.165, 1.54) is 0 Å². The first kappa shape index (κ1) is 15.3. The van der Waals surface area contributed by atoms with Crippen molar-refractivity contribution in [2.24, 2.45) is 10.7 Å². The van der Waals surface area contributed by atoms with Crippen LogP contribution in [0.3, 0.4) is 0 Å². The second-order valence-electron chi connectivity index (χ2n) is 2.88. The van der Waals surface area contributed by atoms with Gasteiger partial charge in [0.15, 0.2) is 5.96 Å². The lowest BCUT2D eigenvalue weighted by molar-refractivity contribution is 0.409. The van der Waals surface area contributed by atoms with Crippen molar-refractivity contribution in [2.45, 2.75) is 6.54 Å². The molecule has 0 aliphatic heterocycles. The van der Waals surface area contributed by atoms with Crippen molar-refractivity contribution < 1.29 is 4.74 Å². The lowest BCUT2D eigenvalue weighted by Crippen LogP contribution is -2.30. The number of nitrogens with one attached hydrogen (secondary N) is 1. The van der Waals surface area contributed by atoms with Gasteiger partial charge in [0.05, 0.1) is 7.11 Å². The van der Waals surface area contributed by atoms with Gasteiger partial charge in [0, 0.05) is 24.2 Å². The highest BCUT2D eigenvalue weighted by molar-refractivity contribution is 14.0. The van der Waals surface area contributed by atoms with Crippen molar-refractivity contribution in [2.75, 3.05) is 14.2 Å². The number of aliphatic imine (C=N–C) groups is 1. The Morgan fingerprint density at radius 3 is 2.81 bits per heavy atom. The largest absolute Gasteiger partial charge is 0.496 e. The Morgan fingerprint density at radius 1 is 1.56 bits per heavy atom. The van der Waals surface area contributed by atoms with Crippen LogP contribution in [0.15, 0.2) is 23.2 Å². The topological polar surface area (TPSA) is 59.6 Å². The van der Waals surface area contributed by atoms with Crippen LogP contribution in [0.5, 0.6) is 5.75 Å². The normalized spacial score (nSPS) is 10.6. The Hall–Kier alpha value is -0.690.